The Hall–Kier alpha value is -3.67. The number of anilines is 1. The summed E-state index contributed by atoms with van der Waals surface area (Å²) in [6.07, 6.45) is 2.56. The van der Waals surface area contributed by atoms with Crippen LogP contribution in [0.25, 0.3) is 0 Å². The molecule has 210 valence electrons. The van der Waals surface area contributed by atoms with Crippen molar-refractivity contribution in [3.8, 4) is 5.75 Å². The van der Waals surface area contributed by atoms with Crippen LogP contribution < -0.4 is 10.1 Å². The number of hydrogen-bond donors (Lipinski definition) is 1. The molecule has 2 aliphatic carbocycles. The molecule has 3 aliphatic rings. The molecule has 40 heavy (non-hydrogen) atoms. The zero-order valence-corrected chi connectivity index (χ0v) is 24.5. The first kappa shape index (κ1) is 27.9. The van der Waals surface area contributed by atoms with E-state index in [1.807, 2.05) is 55.5 Å². The highest BCUT2D eigenvalue weighted by Gasteiger charge is 2.48. The van der Waals surface area contributed by atoms with E-state index in [9.17, 15) is 14.4 Å². The quantitative estimate of drug-likeness (QED) is 0.440. The maximum atomic E-state index is 13.7. The largest absolute Gasteiger partial charge is 0.484 e. The van der Waals surface area contributed by atoms with Crippen LogP contribution >= 0.6 is 0 Å². The maximum Gasteiger partial charge on any atom is 0.262 e. The molecule has 0 saturated carbocycles. The predicted octanol–water partition coefficient (Wildman–Crippen LogP) is 6.72. The Morgan fingerprint density at radius 2 is 1.48 bits per heavy atom. The number of nitrogens with one attached hydrogen (secondary N) is 1. The first-order chi connectivity index (χ1) is 18.9. The van der Waals surface area contributed by atoms with Gasteiger partial charge in [0, 0.05) is 53.5 Å². The van der Waals surface area contributed by atoms with Crippen molar-refractivity contribution in [1.29, 1.82) is 0 Å². The van der Waals surface area contributed by atoms with E-state index in [2.05, 4.69) is 44.8 Å². The zero-order valence-electron chi connectivity index (χ0n) is 24.5. The van der Waals surface area contributed by atoms with Gasteiger partial charge in [0.25, 0.3) is 5.91 Å². The zero-order chi connectivity index (χ0) is 28.8. The summed E-state index contributed by atoms with van der Waals surface area (Å²) in [5.74, 6) is 0.208. The van der Waals surface area contributed by atoms with Crippen LogP contribution in [0.15, 0.2) is 71.1 Å². The van der Waals surface area contributed by atoms with Gasteiger partial charge < -0.3 is 15.0 Å². The number of aryl methyl sites for hydroxylation is 1. The van der Waals surface area contributed by atoms with Gasteiger partial charge in [0.1, 0.15) is 5.75 Å². The third kappa shape index (κ3) is 5.49. The van der Waals surface area contributed by atoms with Crippen LogP contribution in [0.2, 0.25) is 0 Å². The first-order valence-corrected chi connectivity index (χ1v) is 14.3. The lowest BCUT2D eigenvalue weighted by molar-refractivity contribution is -0.120. The number of carbonyl (C=O) groups is 3. The third-order valence-electron chi connectivity index (χ3n) is 8.22. The van der Waals surface area contributed by atoms with E-state index in [4.69, 9.17) is 4.74 Å². The summed E-state index contributed by atoms with van der Waals surface area (Å²) >= 11 is 0. The number of rotatable bonds is 6. The fourth-order valence-electron chi connectivity index (χ4n) is 6.59. The van der Waals surface area contributed by atoms with Crippen LogP contribution in [-0.2, 0) is 14.4 Å². The Morgan fingerprint density at radius 3 is 2.00 bits per heavy atom. The average Bonchev–Trinajstić information content (AvgIpc) is 2.85. The van der Waals surface area contributed by atoms with E-state index in [1.165, 1.54) is 0 Å². The van der Waals surface area contributed by atoms with E-state index < -0.39 is 0 Å². The fourth-order valence-corrected chi connectivity index (χ4v) is 6.59. The summed E-state index contributed by atoms with van der Waals surface area (Å²) in [6, 6.07) is 15.2. The molecule has 0 atom stereocenters. The van der Waals surface area contributed by atoms with Crippen LogP contribution in [-0.4, -0.2) is 35.5 Å². The number of amides is 1. The second-order valence-corrected chi connectivity index (χ2v) is 13.1. The number of ketones is 2. The Bertz CT molecular complexity index is 1370. The molecule has 0 saturated heterocycles. The Morgan fingerprint density at radius 1 is 0.900 bits per heavy atom. The van der Waals surface area contributed by atoms with Crippen molar-refractivity contribution in [2.75, 3.05) is 18.5 Å². The van der Waals surface area contributed by atoms with Gasteiger partial charge >= 0.3 is 0 Å². The number of benzene rings is 2. The van der Waals surface area contributed by atoms with Crippen molar-refractivity contribution in [3.63, 3.8) is 0 Å². The maximum absolute atomic E-state index is 13.7. The van der Waals surface area contributed by atoms with Crippen molar-refractivity contribution < 1.29 is 19.1 Å². The average molecular weight is 541 g/mol. The number of hydrogen-bond acceptors (Lipinski definition) is 5. The summed E-state index contributed by atoms with van der Waals surface area (Å²) in [5.41, 5.74) is 6.16. The molecule has 2 aromatic rings. The van der Waals surface area contributed by atoms with Gasteiger partial charge in [0.05, 0.1) is 0 Å². The molecule has 0 unspecified atom stereocenters. The van der Waals surface area contributed by atoms with Crippen molar-refractivity contribution in [2.24, 2.45) is 10.8 Å². The van der Waals surface area contributed by atoms with Gasteiger partial charge in [-0.1, -0.05) is 52.0 Å². The summed E-state index contributed by atoms with van der Waals surface area (Å²) in [7, 11) is 0. The summed E-state index contributed by atoms with van der Waals surface area (Å²) in [4.78, 5) is 42.2. The van der Waals surface area contributed by atoms with E-state index in [1.54, 1.807) is 0 Å². The molecule has 1 N–H and O–H groups in total. The second-order valence-electron chi connectivity index (χ2n) is 13.1. The molecule has 0 bridgehead atoms. The summed E-state index contributed by atoms with van der Waals surface area (Å²) in [5, 5.41) is 2.86. The minimum absolute atomic E-state index is 0.117. The molecule has 0 aromatic heterocycles. The smallest absolute Gasteiger partial charge is 0.262 e. The van der Waals surface area contributed by atoms with Gasteiger partial charge in [-0.05, 0) is 72.9 Å². The van der Waals surface area contributed by atoms with Gasteiger partial charge in [-0.25, -0.2) is 0 Å². The lowest BCUT2D eigenvalue weighted by atomic mass is 9.63. The normalized spacial score (nSPS) is 20.3. The molecule has 6 heteroatoms. The van der Waals surface area contributed by atoms with Crippen LogP contribution in [0.4, 0.5) is 5.69 Å². The SMILES string of the molecule is CCN1C2=C(C(=O)CC(C)(C)C2)C(c2ccc(OCC(=O)Nc3cccc(C)c3)cc2)C2=C1CC(C)(C)CC2=O. The minimum atomic E-state index is -0.376. The topological polar surface area (TPSA) is 75.7 Å². The Labute approximate surface area is 237 Å². The Kier molecular flexibility index (Phi) is 7.24. The number of allylic oxidation sites excluding steroid dienone is 4. The first-order valence-electron chi connectivity index (χ1n) is 14.3. The highest BCUT2D eigenvalue weighted by Crippen LogP contribution is 2.54. The number of ether oxygens (including phenoxy) is 1. The standard InChI is InChI=1S/C34H40N2O4/c1-7-36-25-16-33(3,4)18-27(37)31(25)30(32-26(36)17-34(5,6)19-28(32)38)22-11-13-24(14-12-22)40-20-29(39)35-23-10-8-9-21(2)15-23/h8-15,30H,7,16-20H2,1-6H3,(H,35,39). The van der Waals surface area contributed by atoms with Crippen molar-refractivity contribution in [1.82, 2.24) is 4.90 Å². The van der Waals surface area contributed by atoms with Gasteiger partial charge in [-0.3, -0.25) is 14.4 Å². The molecule has 1 heterocycles. The second kappa shape index (κ2) is 10.4. The molecule has 5 rings (SSSR count). The van der Waals surface area contributed by atoms with Crippen molar-refractivity contribution >= 4 is 23.2 Å². The van der Waals surface area contributed by atoms with Crippen LogP contribution in [0.1, 0.15) is 77.3 Å². The highest BCUT2D eigenvalue weighted by molar-refractivity contribution is 6.06. The van der Waals surface area contributed by atoms with Gasteiger partial charge in [0.15, 0.2) is 18.2 Å². The molecule has 6 nitrogen and oxygen atoms in total. The van der Waals surface area contributed by atoms with Gasteiger partial charge in [0.2, 0.25) is 0 Å². The lowest BCUT2D eigenvalue weighted by Gasteiger charge is -2.48. The van der Waals surface area contributed by atoms with E-state index in [0.29, 0.717) is 18.6 Å². The molecular formula is C34H40N2O4. The highest BCUT2D eigenvalue weighted by atomic mass is 16.5. The van der Waals surface area contributed by atoms with Crippen LogP contribution in [0.3, 0.4) is 0 Å². The minimum Gasteiger partial charge on any atom is -0.484 e. The van der Waals surface area contributed by atoms with Crippen molar-refractivity contribution in [2.45, 2.75) is 73.1 Å². The molecule has 2 aromatic carbocycles. The number of Topliss-reactive ketones (excluding diaryl/α,β-unsaturated/α-hetero) is 2. The number of nitrogens with zero attached hydrogens (tertiary/aromatic N) is 1. The molecular weight excluding hydrogens is 500 g/mol. The van der Waals surface area contributed by atoms with Crippen LogP contribution in [0, 0.1) is 17.8 Å². The lowest BCUT2D eigenvalue weighted by Crippen LogP contribution is -2.44. The summed E-state index contributed by atoms with van der Waals surface area (Å²) < 4.78 is 5.78. The van der Waals surface area contributed by atoms with Crippen LogP contribution in [0.5, 0.6) is 5.75 Å². The molecule has 0 fully saturated rings. The van der Waals surface area contributed by atoms with E-state index >= 15 is 0 Å². The van der Waals surface area contributed by atoms with E-state index in [-0.39, 0.29) is 40.8 Å². The van der Waals surface area contributed by atoms with Gasteiger partial charge in [-0.15, -0.1) is 0 Å². The molecule has 1 amide bonds. The fraction of sp³-hybridized carbons (Fsp3) is 0.441. The molecule has 0 spiro atoms. The Balaban J connectivity index is 1.44. The monoisotopic (exact) mass is 540 g/mol. The predicted molar refractivity (Wildman–Crippen MR) is 157 cm³/mol. The number of carbonyl (C=O) groups excluding carboxylic acids is 3. The summed E-state index contributed by atoms with van der Waals surface area (Å²) in [6.45, 7) is 13.3. The molecule has 0 radical (unpaired) electrons. The van der Waals surface area contributed by atoms with Gasteiger partial charge in [-0.2, -0.15) is 0 Å². The van der Waals surface area contributed by atoms with Crippen molar-refractivity contribution in [3.05, 3.63) is 82.2 Å². The third-order valence-corrected chi connectivity index (χ3v) is 8.22. The van der Waals surface area contributed by atoms with E-state index in [0.717, 1.165) is 58.7 Å². The molecule has 1 aliphatic heterocycles.